The van der Waals surface area contributed by atoms with Crippen LogP contribution in [0.5, 0.6) is 0 Å². The van der Waals surface area contributed by atoms with Crippen LogP contribution in [0.3, 0.4) is 0 Å². The number of hydrogen-bond acceptors (Lipinski definition) is 6. The lowest BCUT2D eigenvalue weighted by atomic mass is 10.2. The molecule has 0 fully saturated rings. The first kappa shape index (κ1) is 26.2. The van der Waals surface area contributed by atoms with E-state index in [1.807, 2.05) is 74.5 Å². The van der Waals surface area contributed by atoms with Crippen molar-refractivity contribution in [2.45, 2.75) is 26.9 Å². The van der Waals surface area contributed by atoms with E-state index in [2.05, 4.69) is 15.6 Å². The zero-order valence-electron chi connectivity index (χ0n) is 21.1. The molecule has 9 nitrogen and oxygen atoms in total. The van der Waals surface area contributed by atoms with Crippen LogP contribution in [0.4, 0.5) is 17.2 Å². The Balaban J connectivity index is 2.01. The summed E-state index contributed by atoms with van der Waals surface area (Å²) in [6.07, 6.45) is 5.30. The summed E-state index contributed by atoms with van der Waals surface area (Å²) < 4.78 is 2.51. The Kier molecular flexibility index (Phi) is 8.99. The second kappa shape index (κ2) is 12.3. The van der Waals surface area contributed by atoms with E-state index in [1.54, 1.807) is 19.5 Å². The number of benzene rings is 2. The van der Waals surface area contributed by atoms with E-state index in [-0.39, 0.29) is 17.3 Å². The lowest BCUT2D eigenvalue weighted by Gasteiger charge is -2.18. The number of nitrogens with two attached hydrogens (primary N) is 1. The summed E-state index contributed by atoms with van der Waals surface area (Å²) in [7, 11) is 3.17. The monoisotopic (exact) mass is 487 g/mol. The molecule has 0 radical (unpaired) electrons. The topological polar surface area (TPSA) is 119 Å². The van der Waals surface area contributed by atoms with Gasteiger partial charge in [-0.2, -0.15) is 0 Å². The standard InChI is InChI=1S/C27H33N7O2/c1-19(2)18-34-24(28)23(26(35)33(4)27(34)36)25(32-22-9-6-5-7-10-22)31-17-20-11-13-21(14-12-20)30-16-8-15-29-3/h5-16,19,30H,17-18,28H2,1-4H3,(H,31,32)/b16-8-,29-15?. The molecule has 3 aromatic rings. The molecule has 1 aromatic heterocycles. The zero-order chi connectivity index (χ0) is 26.1. The average molecular weight is 488 g/mol. The maximum Gasteiger partial charge on any atom is 0.332 e. The normalized spacial score (nSPS) is 12.1. The summed E-state index contributed by atoms with van der Waals surface area (Å²) in [5, 5.41) is 6.40. The number of para-hydroxylation sites is 1. The van der Waals surface area contributed by atoms with Gasteiger partial charge in [-0.25, -0.2) is 4.79 Å². The Bertz CT molecular complexity index is 1370. The molecule has 0 saturated carbocycles. The molecule has 0 aliphatic carbocycles. The van der Waals surface area contributed by atoms with Gasteiger partial charge in [0.25, 0.3) is 5.56 Å². The third kappa shape index (κ3) is 6.59. The van der Waals surface area contributed by atoms with Gasteiger partial charge in [0, 0.05) is 44.4 Å². The van der Waals surface area contributed by atoms with Crippen molar-refractivity contribution < 1.29 is 0 Å². The predicted octanol–water partition coefficient (Wildman–Crippen LogP) is 3.47. The minimum Gasteiger partial charge on any atom is -0.384 e. The van der Waals surface area contributed by atoms with Crippen molar-refractivity contribution in [2.75, 3.05) is 23.4 Å². The van der Waals surface area contributed by atoms with Crippen molar-refractivity contribution in [3.63, 3.8) is 0 Å². The molecule has 0 atom stereocenters. The van der Waals surface area contributed by atoms with Crippen LogP contribution in [-0.2, 0) is 20.1 Å². The van der Waals surface area contributed by atoms with E-state index in [4.69, 9.17) is 10.7 Å². The van der Waals surface area contributed by atoms with E-state index >= 15 is 0 Å². The fourth-order valence-corrected chi connectivity index (χ4v) is 3.54. The highest BCUT2D eigenvalue weighted by Crippen LogP contribution is 2.15. The van der Waals surface area contributed by atoms with E-state index in [0.29, 0.717) is 18.9 Å². The van der Waals surface area contributed by atoms with Gasteiger partial charge in [-0.05, 0) is 41.8 Å². The van der Waals surface area contributed by atoms with E-state index < -0.39 is 11.2 Å². The maximum absolute atomic E-state index is 13.2. The number of nitrogens with zero attached hydrogens (tertiary/aromatic N) is 4. The Morgan fingerprint density at radius 1 is 1.06 bits per heavy atom. The van der Waals surface area contributed by atoms with Crippen LogP contribution in [0.1, 0.15) is 25.0 Å². The molecule has 3 rings (SSSR count). The third-order valence-corrected chi connectivity index (χ3v) is 5.36. The first-order chi connectivity index (χ1) is 17.3. The highest BCUT2D eigenvalue weighted by atomic mass is 16.2. The van der Waals surface area contributed by atoms with E-state index in [9.17, 15) is 9.59 Å². The van der Waals surface area contributed by atoms with Gasteiger partial charge in [0.1, 0.15) is 17.2 Å². The Hall–Kier alpha value is -4.40. The molecule has 36 heavy (non-hydrogen) atoms. The largest absolute Gasteiger partial charge is 0.384 e. The lowest BCUT2D eigenvalue weighted by Crippen LogP contribution is -2.44. The number of anilines is 3. The second-order valence-corrected chi connectivity index (χ2v) is 8.67. The molecular formula is C27H33N7O2. The number of hydrogen-bond donors (Lipinski definition) is 3. The number of amidine groups is 1. The molecule has 4 N–H and O–H groups in total. The molecule has 1 heterocycles. The van der Waals surface area contributed by atoms with Crippen LogP contribution >= 0.6 is 0 Å². The highest BCUT2D eigenvalue weighted by molar-refractivity contribution is 6.10. The first-order valence-corrected chi connectivity index (χ1v) is 11.7. The molecule has 0 amide bonds. The molecule has 188 valence electrons. The van der Waals surface area contributed by atoms with Crippen LogP contribution < -0.4 is 27.6 Å². The number of aliphatic imine (C=N–C) groups is 2. The minimum absolute atomic E-state index is 0.0981. The van der Waals surface area contributed by atoms with Gasteiger partial charge in [-0.15, -0.1) is 0 Å². The van der Waals surface area contributed by atoms with Crippen molar-refractivity contribution >= 4 is 29.2 Å². The summed E-state index contributed by atoms with van der Waals surface area (Å²) >= 11 is 0. The van der Waals surface area contributed by atoms with Gasteiger partial charge in [0.2, 0.25) is 0 Å². The van der Waals surface area contributed by atoms with Crippen LogP contribution in [-0.4, -0.2) is 28.2 Å². The zero-order valence-corrected chi connectivity index (χ0v) is 21.1. The summed E-state index contributed by atoms with van der Waals surface area (Å²) in [6, 6.07) is 17.2. The number of rotatable bonds is 9. The molecule has 0 saturated heterocycles. The molecule has 0 aliphatic rings. The Labute approximate surface area is 210 Å². The van der Waals surface area contributed by atoms with Gasteiger partial charge in [-0.1, -0.05) is 44.2 Å². The Morgan fingerprint density at radius 2 is 1.75 bits per heavy atom. The predicted molar refractivity (Wildman–Crippen MR) is 149 cm³/mol. The minimum atomic E-state index is -0.498. The molecule has 0 aliphatic heterocycles. The maximum atomic E-state index is 13.2. The summed E-state index contributed by atoms with van der Waals surface area (Å²) in [5.41, 5.74) is 8.26. The van der Waals surface area contributed by atoms with Gasteiger partial charge in [0.05, 0.1) is 6.54 Å². The number of allylic oxidation sites excluding steroid dienone is 1. The third-order valence-electron chi connectivity index (χ3n) is 5.36. The second-order valence-electron chi connectivity index (χ2n) is 8.67. The molecular weight excluding hydrogens is 454 g/mol. The van der Waals surface area contributed by atoms with Gasteiger partial charge in [0.15, 0.2) is 0 Å². The molecule has 0 bridgehead atoms. The average Bonchev–Trinajstić information content (AvgIpc) is 2.87. The summed E-state index contributed by atoms with van der Waals surface area (Å²) in [4.78, 5) is 34.6. The highest BCUT2D eigenvalue weighted by Gasteiger charge is 2.21. The van der Waals surface area contributed by atoms with Gasteiger partial charge in [-0.3, -0.25) is 23.9 Å². The van der Waals surface area contributed by atoms with Crippen molar-refractivity contribution in [2.24, 2.45) is 23.0 Å². The van der Waals surface area contributed by atoms with Crippen LogP contribution in [0.25, 0.3) is 0 Å². The fourth-order valence-electron chi connectivity index (χ4n) is 3.54. The summed E-state index contributed by atoms with van der Waals surface area (Å²) in [6.45, 7) is 4.66. The first-order valence-electron chi connectivity index (χ1n) is 11.7. The van der Waals surface area contributed by atoms with Crippen molar-refractivity contribution in [3.8, 4) is 0 Å². The number of nitrogen functional groups attached to an aromatic ring is 1. The Morgan fingerprint density at radius 3 is 2.39 bits per heavy atom. The fraction of sp³-hybridized carbons (Fsp3) is 0.259. The number of nitrogens with one attached hydrogen (secondary N) is 2. The van der Waals surface area contributed by atoms with Gasteiger partial charge >= 0.3 is 5.69 Å². The van der Waals surface area contributed by atoms with Crippen LogP contribution in [0, 0.1) is 5.92 Å². The molecule has 9 heteroatoms. The SMILES string of the molecule is CN=C/C=C\Nc1ccc(CN=C(Nc2ccccc2)c2c(N)n(CC(C)C)c(=O)n(C)c2=O)cc1. The van der Waals surface area contributed by atoms with E-state index in [0.717, 1.165) is 21.5 Å². The molecule has 2 aromatic carbocycles. The van der Waals surface area contributed by atoms with Crippen LogP contribution in [0.2, 0.25) is 0 Å². The molecule has 0 unspecified atom stereocenters. The van der Waals surface area contributed by atoms with Crippen molar-refractivity contribution in [1.29, 1.82) is 0 Å². The van der Waals surface area contributed by atoms with Crippen molar-refractivity contribution in [1.82, 2.24) is 9.13 Å². The smallest absolute Gasteiger partial charge is 0.332 e. The quantitative estimate of drug-likeness (QED) is 0.315. The van der Waals surface area contributed by atoms with Crippen molar-refractivity contribution in [3.05, 3.63) is 98.8 Å². The molecule has 0 spiro atoms. The van der Waals surface area contributed by atoms with Crippen LogP contribution in [0.15, 0.2) is 86.4 Å². The lowest BCUT2D eigenvalue weighted by molar-refractivity contribution is 0.493. The number of aromatic nitrogens is 2. The summed E-state index contributed by atoms with van der Waals surface area (Å²) in [5.74, 6) is 0.566. The van der Waals surface area contributed by atoms with Gasteiger partial charge < -0.3 is 16.4 Å². The van der Waals surface area contributed by atoms with E-state index in [1.165, 1.54) is 11.6 Å².